The van der Waals surface area contributed by atoms with Crippen molar-refractivity contribution in [1.82, 2.24) is 0 Å². The summed E-state index contributed by atoms with van der Waals surface area (Å²) in [5.74, 6) is 0.666. The van der Waals surface area contributed by atoms with E-state index in [1.165, 1.54) is 32.1 Å². The normalized spacial score (nSPS) is 15.7. The van der Waals surface area contributed by atoms with Crippen molar-refractivity contribution in [1.29, 1.82) is 0 Å². The Bertz CT molecular complexity index is 695. The molecule has 23 heavy (non-hydrogen) atoms. The SMILES string of the molecule is O=C(CCl)N(CC1CCCCC1)c1cccc2c(O)cccc12. The van der Waals surface area contributed by atoms with Crippen molar-refractivity contribution in [2.24, 2.45) is 5.92 Å². The third-order valence-electron chi connectivity index (χ3n) is 4.75. The Kier molecular flexibility index (Phi) is 5.06. The molecule has 3 nitrogen and oxygen atoms in total. The van der Waals surface area contributed by atoms with Gasteiger partial charge in [0.05, 0.1) is 5.69 Å². The van der Waals surface area contributed by atoms with Crippen LogP contribution in [0.2, 0.25) is 0 Å². The lowest BCUT2D eigenvalue weighted by Gasteiger charge is -2.30. The van der Waals surface area contributed by atoms with E-state index >= 15 is 0 Å². The second-order valence-electron chi connectivity index (χ2n) is 6.29. The Labute approximate surface area is 141 Å². The predicted octanol–water partition coefficient (Wildman–Crippen LogP) is 4.70. The van der Waals surface area contributed by atoms with E-state index in [9.17, 15) is 9.90 Å². The van der Waals surface area contributed by atoms with E-state index in [1.54, 1.807) is 6.07 Å². The minimum atomic E-state index is -0.0758. The molecule has 2 aromatic rings. The molecule has 1 saturated carbocycles. The van der Waals surface area contributed by atoms with E-state index < -0.39 is 0 Å². The van der Waals surface area contributed by atoms with Crippen LogP contribution < -0.4 is 4.90 Å². The molecule has 3 rings (SSSR count). The van der Waals surface area contributed by atoms with Gasteiger partial charge in [0.25, 0.3) is 0 Å². The van der Waals surface area contributed by atoms with Crippen LogP contribution >= 0.6 is 11.6 Å². The second-order valence-corrected chi connectivity index (χ2v) is 6.56. The third kappa shape index (κ3) is 3.45. The lowest BCUT2D eigenvalue weighted by Crippen LogP contribution is -2.37. The van der Waals surface area contributed by atoms with Gasteiger partial charge in [0.2, 0.25) is 5.91 Å². The fourth-order valence-corrected chi connectivity index (χ4v) is 3.69. The first-order valence-corrected chi connectivity index (χ1v) is 8.81. The topological polar surface area (TPSA) is 40.5 Å². The minimum absolute atomic E-state index is 0.0259. The molecule has 122 valence electrons. The van der Waals surface area contributed by atoms with Crippen LogP contribution in [-0.4, -0.2) is 23.4 Å². The van der Waals surface area contributed by atoms with Crippen molar-refractivity contribution in [2.75, 3.05) is 17.3 Å². The number of amides is 1. The zero-order valence-corrected chi connectivity index (χ0v) is 13.9. The summed E-state index contributed by atoms with van der Waals surface area (Å²) in [5.41, 5.74) is 0.842. The number of halogens is 1. The first kappa shape index (κ1) is 16.1. The first-order valence-electron chi connectivity index (χ1n) is 8.27. The molecule has 1 aliphatic rings. The molecule has 0 saturated heterocycles. The van der Waals surface area contributed by atoms with Gasteiger partial charge < -0.3 is 10.0 Å². The number of alkyl halides is 1. The molecule has 1 amide bonds. The highest BCUT2D eigenvalue weighted by molar-refractivity contribution is 6.29. The van der Waals surface area contributed by atoms with Gasteiger partial charge in [-0.25, -0.2) is 0 Å². The quantitative estimate of drug-likeness (QED) is 0.825. The molecular formula is C19H22ClNO2. The van der Waals surface area contributed by atoms with Crippen LogP contribution in [0.1, 0.15) is 32.1 Å². The number of carbonyl (C=O) groups excluding carboxylic acids is 1. The second kappa shape index (κ2) is 7.22. The molecule has 2 aromatic carbocycles. The summed E-state index contributed by atoms with van der Waals surface area (Å²) in [4.78, 5) is 14.3. The van der Waals surface area contributed by atoms with Crippen LogP contribution in [0.3, 0.4) is 0 Å². The van der Waals surface area contributed by atoms with Crippen LogP contribution in [0.4, 0.5) is 5.69 Å². The Balaban J connectivity index is 1.99. The van der Waals surface area contributed by atoms with Crippen molar-refractivity contribution in [3.05, 3.63) is 36.4 Å². The fraction of sp³-hybridized carbons (Fsp3) is 0.421. The number of phenolic OH excluding ortho intramolecular Hbond substituents is 1. The van der Waals surface area contributed by atoms with Gasteiger partial charge in [-0.15, -0.1) is 11.6 Å². The van der Waals surface area contributed by atoms with E-state index in [2.05, 4.69) is 0 Å². The molecule has 0 aromatic heterocycles. The highest BCUT2D eigenvalue weighted by atomic mass is 35.5. The van der Waals surface area contributed by atoms with Crippen LogP contribution in [0.5, 0.6) is 5.75 Å². The van der Waals surface area contributed by atoms with Crippen molar-refractivity contribution >= 4 is 34.0 Å². The largest absolute Gasteiger partial charge is 0.507 e. The zero-order valence-electron chi connectivity index (χ0n) is 13.2. The van der Waals surface area contributed by atoms with Crippen LogP contribution in [0.25, 0.3) is 10.8 Å². The Morgan fingerprint density at radius 3 is 2.52 bits per heavy atom. The van der Waals surface area contributed by atoms with E-state index in [0.717, 1.165) is 16.5 Å². The van der Waals surface area contributed by atoms with E-state index in [4.69, 9.17) is 11.6 Å². The number of hydrogen-bond donors (Lipinski definition) is 1. The lowest BCUT2D eigenvalue weighted by atomic mass is 9.88. The first-order chi connectivity index (χ1) is 11.2. The highest BCUT2D eigenvalue weighted by Crippen LogP contribution is 2.34. The lowest BCUT2D eigenvalue weighted by molar-refractivity contribution is -0.116. The molecule has 0 radical (unpaired) electrons. The van der Waals surface area contributed by atoms with Crippen molar-refractivity contribution < 1.29 is 9.90 Å². The van der Waals surface area contributed by atoms with Gasteiger partial charge in [0.1, 0.15) is 11.6 Å². The monoisotopic (exact) mass is 331 g/mol. The maximum Gasteiger partial charge on any atom is 0.241 e. The zero-order chi connectivity index (χ0) is 16.2. The van der Waals surface area contributed by atoms with Gasteiger partial charge in [0.15, 0.2) is 0 Å². The Morgan fingerprint density at radius 2 is 1.78 bits per heavy atom. The van der Waals surface area contributed by atoms with Gasteiger partial charge in [-0.05, 0) is 30.9 Å². The molecule has 1 aliphatic carbocycles. The Morgan fingerprint density at radius 1 is 1.09 bits per heavy atom. The van der Waals surface area contributed by atoms with Crippen molar-refractivity contribution in [2.45, 2.75) is 32.1 Å². The van der Waals surface area contributed by atoms with E-state index in [0.29, 0.717) is 12.5 Å². The number of phenols is 1. The number of hydrogen-bond acceptors (Lipinski definition) is 2. The molecular weight excluding hydrogens is 310 g/mol. The van der Waals surface area contributed by atoms with E-state index in [-0.39, 0.29) is 17.5 Å². The number of anilines is 1. The maximum atomic E-state index is 12.4. The molecule has 0 unspecified atom stereocenters. The molecule has 4 heteroatoms. The smallest absolute Gasteiger partial charge is 0.241 e. The standard InChI is InChI=1S/C19H22ClNO2/c20-12-19(23)21(13-14-6-2-1-3-7-14)17-10-4-9-16-15(17)8-5-11-18(16)22/h4-5,8-11,14,22H,1-3,6-7,12-13H2. The average molecular weight is 332 g/mol. The number of nitrogens with zero attached hydrogens (tertiary/aromatic N) is 1. The number of carbonyl (C=O) groups is 1. The summed E-state index contributed by atoms with van der Waals surface area (Å²) in [6, 6.07) is 11.1. The highest BCUT2D eigenvalue weighted by Gasteiger charge is 2.23. The van der Waals surface area contributed by atoms with E-state index in [1.807, 2.05) is 35.2 Å². The summed E-state index contributed by atoms with van der Waals surface area (Å²) in [7, 11) is 0. The Hall–Kier alpha value is -1.74. The van der Waals surface area contributed by atoms with Gasteiger partial charge >= 0.3 is 0 Å². The summed E-state index contributed by atoms with van der Waals surface area (Å²) in [6.45, 7) is 0.709. The predicted molar refractivity (Wildman–Crippen MR) is 95.3 cm³/mol. The maximum absolute atomic E-state index is 12.4. The molecule has 0 spiro atoms. The molecule has 0 aliphatic heterocycles. The molecule has 0 bridgehead atoms. The fourth-order valence-electron chi connectivity index (χ4n) is 3.55. The van der Waals surface area contributed by atoms with Crippen molar-refractivity contribution in [3.8, 4) is 5.75 Å². The van der Waals surface area contributed by atoms with Crippen molar-refractivity contribution in [3.63, 3.8) is 0 Å². The summed E-state index contributed by atoms with van der Waals surface area (Å²) in [6.07, 6.45) is 6.11. The summed E-state index contributed by atoms with van der Waals surface area (Å²) < 4.78 is 0. The van der Waals surface area contributed by atoms with Crippen LogP contribution in [-0.2, 0) is 4.79 Å². The van der Waals surface area contributed by atoms with Gasteiger partial charge in [0, 0.05) is 17.3 Å². The molecule has 1 N–H and O–H groups in total. The number of fused-ring (bicyclic) bond motifs is 1. The van der Waals surface area contributed by atoms with Crippen LogP contribution in [0, 0.1) is 5.92 Å². The minimum Gasteiger partial charge on any atom is -0.507 e. The van der Waals surface area contributed by atoms with Gasteiger partial charge in [-0.3, -0.25) is 4.79 Å². The van der Waals surface area contributed by atoms with Crippen LogP contribution in [0.15, 0.2) is 36.4 Å². The molecule has 0 heterocycles. The van der Waals surface area contributed by atoms with Gasteiger partial charge in [-0.1, -0.05) is 43.5 Å². The third-order valence-corrected chi connectivity index (χ3v) is 4.98. The summed E-state index contributed by atoms with van der Waals surface area (Å²) >= 11 is 5.86. The number of rotatable bonds is 4. The molecule has 1 fully saturated rings. The van der Waals surface area contributed by atoms with Gasteiger partial charge in [-0.2, -0.15) is 0 Å². The average Bonchev–Trinajstić information content (AvgIpc) is 2.60. The molecule has 0 atom stereocenters. The number of benzene rings is 2. The summed E-state index contributed by atoms with van der Waals surface area (Å²) in [5, 5.41) is 11.7. The number of aromatic hydroxyl groups is 1.